The highest BCUT2D eigenvalue weighted by atomic mass is 32.2. The summed E-state index contributed by atoms with van der Waals surface area (Å²) >= 11 is 0. The molecule has 3 N–H and O–H groups in total. The van der Waals surface area contributed by atoms with E-state index < -0.39 is 10.0 Å². The fourth-order valence-corrected chi connectivity index (χ4v) is 4.17. The van der Waals surface area contributed by atoms with Crippen molar-refractivity contribution in [1.82, 2.24) is 14.5 Å². The Morgan fingerprint density at radius 2 is 2.10 bits per heavy atom. The second kappa shape index (κ2) is 6.13. The van der Waals surface area contributed by atoms with Gasteiger partial charge in [0.15, 0.2) is 5.82 Å². The third-order valence-corrected chi connectivity index (χ3v) is 5.54. The molecule has 7 heteroatoms. The quantitative estimate of drug-likeness (QED) is 0.829. The van der Waals surface area contributed by atoms with Gasteiger partial charge in [-0.05, 0) is 25.7 Å². The lowest BCUT2D eigenvalue weighted by Crippen LogP contribution is -2.38. The minimum Gasteiger partial charge on any atom is -0.381 e. The van der Waals surface area contributed by atoms with Crippen molar-refractivity contribution in [3.63, 3.8) is 0 Å². The van der Waals surface area contributed by atoms with E-state index in [4.69, 9.17) is 5.73 Å². The van der Waals surface area contributed by atoms with Gasteiger partial charge < -0.3 is 5.73 Å². The number of nitrogen functional groups attached to an aromatic ring is 1. The van der Waals surface area contributed by atoms with E-state index in [1.807, 2.05) is 6.92 Å². The SMILES string of the molecule is CCn1cc(S(=O)(=O)NC2CCCCCC2C)c(N)n1. The summed E-state index contributed by atoms with van der Waals surface area (Å²) in [7, 11) is -3.59. The first-order chi connectivity index (χ1) is 9.44. The number of rotatable bonds is 4. The zero-order valence-corrected chi connectivity index (χ0v) is 13.0. The molecular formula is C13H24N4O2S. The zero-order valence-electron chi connectivity index (χ0n) is 12.2. The van der Waals surface area contributed by atoms with Gasteiger partial charge in [0, 0.05) is 18.8 Å². The number of sulfonamides is 1. The molecule has 0 spiro atoms. The maximum atomic E-state index is 12.5. The number of nitrogens with zero attached hydrogens (tertiary/aromatic N) is 2. The average molecular weight is 300 g/mol. The topological polar surface area (TPSA) is 90.0 Å². The molecule has 114 valence electrons. The van der Waals surface area contributed by atoms with Gasteiger partial charge in [0.05, 0.1) is 0 Å². The van der Waals surface area contributed by atoms with Crippen LogP contribution in [0.4, 0.5) is 5.82 Å². The van der Waals surface area contributed by atoms with Crippen LogP contribution >= 0.6 is 0 Å². The van der Waals surface area contributed by atoms with Gasteiger partial charge in [0.2, 0.25) is 10.0 Å². The van der Waals surface area contributed by atoms with E-state index in [0.717, 1.165) is 19.3 Å². The lowest BCUT2D eigenvalue weighted by atomic mass is 9.98. The second-order valence-corrected chi connectivity index (χ2v) is 7.26. The number of aromatic nitrogens is 2. The molecular weight excluding hydrogens is 276 g/mol. The van der Waals surface area contributed by atoms with Crippen LogP contribution in [0, 0.1) is 5.92 Å². The fourth-order valence-electron chi connectivity index (χ4n) is 2.72. The van der Waals surface area contributed by atoms with Crippen molar-refractivity contribution >= 4 is 15.8 Å². The lowest BCUT2D eigenvalue weighted by Gasteiger charge is -2.22. The minimum atomic E-state index is -3.59. The molecule has 2 unspecified atom stereocenters. The fraction of sp³-hybridized carbons (Fsp3) is 0.769. The van der Waals surface area contributed by atoms with Gasteiger partial charge in [0.1, 0.15) is 4.90 Å². The predicted molar refractivity (Wildman–Crippen MR) is 78.7 cm³/mol. The van der Waals surface area contributed by atoms with Gasteiger partial charge in [0.25, 0.3) is 0 Å². The first-order valence-electron chi connectivity index (χ1n) is 7.29. The standard InChI is InChI=1S/C13H24N4O2S/c1-3-17-9-12(13(14)15-17)20(18,19)16-11-8-6-4-5-7-10(11)2/h9-11,16H,3-8H2,1-2H3,(H2,14,15). The molecule has 0 radical (unpaired) electrons. The molecule has 1 saturated carbocycles. The van der Waals surface area contributed by atoms with Crippen LogP contribution in [-0.2, 0) is 16.6 Å². The van der Waals surface area contributed by atoms with Crippen LogP contribution in [0.5, 0.6) is 0 Å². The predicted octanol–water partition coefficient (Wildman–Crippen LogP) is 1.73. The molecule has 0 bridgehead atoms. The van der Waals surface area contributed by atoms with Gasteiger partial charge in [-0.1, -0.05) is 26.2 Å². The Hall–Kier alpha value is -1.08. The second-order valence-electron chi connectivity index (χ2n) is 5.58. The van der Waals surface area contributed by atoms with Crippen LogP contribution in [0.3, 0.4) is 0 Å². The molecule has 1 aromatic rings. The number of hydrogen-bond donors (Lipinski definition) is 2. The number of aryl methyl sites for hydroxylation is 1. The third-order valence-electron chi connectivity index (χ3n) is 4.04. The first-order valence-corrected chi connectivity index (χ1v) is 8.77. The summed E-state index contributed by atoms with van der Waals surface area (Å²) in [4.78, 5) is 0.0933. The molecule has 0 amide bonds. The summed E-state index contributed by atoms with van der Waals surface area (Å²) in [6, 6.07) is -0.00752. The molecule has 1 fully saturated rings. The van der Waals surface area contributed by atoms with Crippen molar-refractivity contribution in [2.75, 3.05) is 5.73 Å². The molecule has 6 nitrogen and oxygen atoms in total. The summed E-state index contributed by atoms with van der Waals surface area (Å²) in [5, 5.41) is 4.00. The Balaban J connectivity index is 2.19. The molecule has 1 aliphatic carbocycles. The van der Waals surface area contributed by atoms with Crippen molar-refractivity contribution in [1.29, 1.82) is 0 Å². The van der Waals surface area contributed by atoms with E-state index in [1.54, 1.807) is 4.68 Å². The van der Waals surface area contributed by atoms with Crippen LogP contribution in [-0.4, -0.2) is 24.2 Å². The third kappa shape index (κ3) is 3.32. The van der Waals surface area contributed by atoms with Crippen molar-refractivity contribution < 1.29 is 8.42 Å². The number of hydrogen-bond acceptors (Lipinski definition) is 4. The smallest absolute Gasteiger partial charge is 0.246 e. The summed E-state index contributed by atoms with van der Waals surface area (Å²) < 4.78 is 29.3. The molecule has 1 heterocycles. The largest absolute Gasteiger partial charge is 0.381 e. The van der Waals surface area contributed by atoms with Crippen molar-refractivity contribution in [2.24, 2.45) is 5.92 Å². The molecule has 2 atom stereocenters. The summed E-state index contributed by atoms with van der Waals surface area (Å²) in [5.74, 6) is 0.426. The summed E-state index contributed by atoms with van der Waals surface area (Å²) in [6.07, 6.45) is 6.88. The Bertz CT molecular complexity index is 553. The lowest BCUT2D eigenvalue weighted by molar-refractivity contribution is 0.399. The van der Waals surface area contributed by atoms with Crippen molar-refractivity contribution in [2.45, 2.75) is 63.4 Å². The highest BCUT2D eigenvalue weighted by Gasteiger charge is 2.28. The van der Waals surface area contributed by atoms with E-state index in [9.17, 15) is 8.42 Å². The van der Waals surface area contributed by atoms with Crippen molar-refractivity contribution in [3.05, 3.63) is 6.20 Å². The molecule has 1 aliphatic rings. The minimum absolute atomic E-state index is 0.00752. The maximum Gasteiger partial charge on any atom is 0.246 e. The monoisotopic (exact) mass is 300 g/mol. The van der Waals surface area contributed by atoms with Gasteiger partial charge in [-0.15, -0.1) is 0 Å². The number of nitrogens with one attached hydrogen (secondary N) is 1. The van der Waals surface area contributed by atoms with Crippen LogP contribution in [0.1, 0.15) is 46.0 Å². The Kier molecular flexibility index (Phi) is 4.70. The molecule has 0 aliphatic heterocycles. The molecule has 2 rings (SSSR count). The Morgan fingerprint density at radius 1 is 1.40 bits per heavy atom. The van der Waals surface area contributed by atoms with Crippen LogP contribution < -0.4 is 10.5 Å². The van der Waals surface area contributed by atoms with Crippen LogP contribution in [0.25, 0.3) is 0 Å². The molecule has 0 saturated heterocycles. The van der Waals surface area contributed by atoms with Gasteiger partial charge in [-0.3, -0.25) is 4.68 Å². The van der Waals surface area contributed by atoms with Crippen molar-refractivity contribution in [3.8, 4) is 0 Å². The molecule has 20 heavy (non-hydrogen) atoms. The Morgan fingerprint density at radius 3 is 2.75 bits per heavy atom. The highest BCUT2D eigenvalue weighted by molar-refractivity contribution is 7.89. The zero-order chi connectivity index (χ0) is 14.8. The maximum absolute atomic E-state index is 12.5. The first kappa shape index (κ1) is 15.3. The number of nitrogens with two attached hydrogens (primary N) is 1. The normalized spacial score (nSPS) is 24.5. The van der Waals surface area contributed by atoms with Crippen LogP contribution in [0.15, 0.2) is 11.1 Å². The Labute approximate surface area is 120 Å². The molecule has 1 aromatic heterocycles. The van der Waals surface area contributed by atoms with E-state index in [2.05, 4.69) is 16.7 Å². The average Bonchev–Trinajstić information content (AvgIpc) is 2.68. The van der Waals surface area contributed by atoms with E-state index in [-0.39, 0.29) is 16.8 Å². The van der Waals surface area contributed by atoms with Gasteiger partial charge >= 0.3 is 0 Å². The van der Waals surface area contributed by atoms with E-state index in [1.165, 1.54) is 19.0 Å². The highest BCUT2D eigenvalue weighted by Crippen LogP contribution is 2.25. The summed E-state index contributed by atoms with van der Waals surface area (Å²) in [5.41, 5.74) is 5.72. The van der Waals surface area contributed by atoms with Gasteiger partial charge in [-0.25, -0.2) is 13.1 Å². The van der Waals surface area contributed by atoms with Crippen LogP contribution in [0.2, 0.25) is 0 Å². The summed E-state index contributed by atoms with van der Waals surface area (Å²) in [6.45, 7) is 4.60. The van der Waals surface area contributed by atoms with E-state index in [0.29, 0.717) is 12.5 Å². The molecule has 0 aromatic carbocycles. The van der Waals surface area contributed by atoms with E-state index >= 15 is 0 Å². The van der Waals surface area contributed by atoms with Gasteiger partial charge in [-0.2, -0.15) is 5.10 Å². The number of anilines is 1.